The summed E-state index contributed by atoms with van der Waals surface area (Å²) in [5, 5.41) is 26.6. The van der Waals surface area contributed by atoms with Gasteiger partial charge < -0.3 is 38.3 Å². The maximum Gasteiger partial charge on any atom is 0.420 e. The van der Waals surface area contributed by atoms with Gasteiger partial charge in [0.05, 0.1) is 62.1 Å². The van der Waals surface area contributed by atoms with Crippen molar-refractivity contribution in [1.82, 2.24) is 48.8 Å². The number of aliphatic hydroxyl groups excluding tert-OH is 2. The van der Waals surface area contributed by atoms with Gasteiger partial charge in [0.2, 0.25) is 10.6 Å². The Kier molecular flexibility index (Phi) is 17.9. The average Bonchev–Trinajstić information content (AvgIpc) is 2.49. The minimum Gasteiger partial charge on any atom is -0.443 e. The van der Waals surface area contributed by atoms with E-state index >= 15 is 0 Å². The Morgan fingerprint density at radius 2 is 0.841 bits per heavy atom. The summed E-state index contributed by atoms with van der Waals surface area (Å²) in [5.74, 6) is 0.206. The predicted octanol–water partition coefficient (Wildman–Crippen LogP) is 10.8. The number of carbonyl (C=O) groups is 4. The first kappa shape index (κ1) is 60.7. The number of aliphatic hydroxyl groups is 2. The molecule has 4 amide bonds. The third-order valence-corrected chi connectivity index (χ3v) is 13.3. The van der Waals surface area contributed by atoms with Gasteiger partial charge in [-0.25, -0.2) is 38.9 Å². The summed E-state index contributed by atoms with van der Waals surface area (Å²) < 4.78 is 26.3. The fraction of sp³-hybridized carbons (Fsp3) is 0.483. The number of imidazole rings is 2. The molecule has 2 aliphatic rings. The Morgan fingerprint density at radius 1 is 0.524 bits per heavy atom. The normalized spacial score (nSPS) is 18.1. The van der Waals surface area contributed by atoms with Gasteiger partial charge in [-0.15, -0.1) is 0 Å². The fourth-order valence-electron chi connectivity index (χ4n) is 9.74. The second-order valence-electron chi connectivity index (χ2n) is 24.2. The number of ether oxygens (including phenoxy) is 4. The van der Waals surface area contributed by atoms with Crippen LogP contribution in [0.1, 0.15) is 119 Å². The zero-order chi connectivity index (χ0) is 59.6. The lowest BCUT2D eigenvalue weighted by atomic mass is 10.0. The quantitative estimate of drug-likeness (QED) is 0.0420. The molecule has 0 saturated carbocycles. The molecule has 0 aliphatic heterocycles. The standard InChI is InChI=1S/C58H72Cl2N12O10/c1-55(2,3)79-51(75)69(52(76)80-56(4,5)6)39-25-23-37(29-39)67-33-61-43-45(67)63-49(59)65-47(43)71(41(31-73)27-35-19-15-13-16-20-35)72(42(32-74)28-36-21-17-14-18-22-36)48-44-46(64-50(60)66-48)68(34-62-44)38-24-26-40(30-38)70(53(77)81-57(7,8)9)54(78)82-58(10,11)12/h13-26,33-34,37-42,73-74H,27-32H2,1-12H3/t37-,38-,39+,40+,41-,42-/m0/s1. The zero-order valence-corrected chi connectivity index (χ0v) is 49.7. The van der Waals surface area contributed by atoms with E-state index in [1.54, 1.807) is 127 Å². The highest BCUT2D eigenvalue weighted by Crippen LogP contribution is 2.40. The van der Waals surface area contributed by atoms with Crippen molar-refractivity contribution in [2.75, 3.05) is 23.2 Å². The van der Waals surface area contributed by atoms with E-state index in [0.29, 0.717) is 0 Å². The van der Waals surface area contributed by atoms with Crippen molar-refractivity contribution in [3.8, 4) is 0 Å². The first-order chi connectivity index (χ1) is 38.5. The van der Waals surface area contributed by atoms with Crippen molar-refractivity contribution in [2.24, 2.45) is 0 Å². The SMILES string of the molecule is CC(C)(C)OC(=O)N(C(=O)OC(C)(C)C)[C@@H]1C=C[C@H](n2cnc3c(N([C@H](CO)Cc4ccccc4)N(c4nc(Cl)nc5c4ncn5[C@H]4C=C[C@@H](N(C(=O)OC(C)(C)C)C(=O)OC(C)(C)C)C4)[C@H](CO)Cc4ccccc4)nc(Cl)nc32)C1. The highest BCUT2D eigenvalue weighted by molar-refractivity contribution is 6.29. The number of benzene rings is 2. The lowest BCUT2D eigenvalue weighted by molar-refractivity contribution is -0.00622. The Labute approximate surface area is 486 Å². The van der Waals surface area contributed by atoms with Crippen molar-refractivity contribution >= 4 is 81.5 Å². The molecule has 82 heavy (non-hydrogen) atoms. The Bertz CT molecular complexity index is 3050. The molecule has 8 rings (SSSR count). The molecule has 6 aromatic rings. The molecule has 0 bridgehead atoms. The summed E-state index contributed by atoms with van der Waals surface area (Å²) in [6.07, 6.45) is 7.44. The summed E-state index contributed by atoms with van der Waals surface area (Å²) in [4.78, 5) is 86.1. The average molecular weight is 1170 g/mol. The first-order valence-electron chi connectivity index (χ1n) is 27.1. The topological polar surface area (TPSA) is 246 Å². The van der Waals surface area contributed by atoms with Crippen LogP contribution in [0.4, 0.5) is 30.8 Å². The number of hydrogen-bond acceptors (Lipinski definition) is 18. The molecule has 0 spiro atoms. The van der Waals surface area contributed by atoms with Crippen molar-refractivity contribution in [3.63, 3.8) is 0 Å². The van der Waals surface area contributed by atoms with Crippen LogP contribution in [0, 0.1) is 0 Å². The smallest absolute Gasteiger partial charge is 0.420 e. The van der Waals surface area contributed by atoms with Crippen molar-refractivity contribution < 1.29 is 48.3 Å². The maximum absolute atomic E-state index is 13.8. The number of hydrazine groups is 1. The number of aromatic nitrogens is 8. The molecule has 4 aromatic heterocycles. The van der Waals surface area contributed by atoms with Crippen molar-refractivity contribution in [3.05, 3.63) is 119 Å². The van der Waals surface area contributed by atoms with E-state index < -0.39 is 96.2 Å². The van der Waals surface area contributed by atoms with Crippen LogP contribution < -0.4 is 10.0 Å². The molecule has 2 aliphatic carbocycles. The summed E-state index contributed by atoms with van der Waals surface area (Å²) in [6, 6.07) is 14.5. The van der Waals surface area contributed by atoms with Crippen molar-refractivity contribution in [2.45, 2.75) is 167 Å². The largest absolute Gasteiger partial charge is 0.443 e. The van der Waals surface area contributed by atoms with E-state index in [9.17, 15) is 29.4 Å². The van der Waals surface area contributed by atoms with Crippen LogP contribution in [0.25, 0.3) is 22.3 Å². The van der Waals surface area contributed by atoms with Gasteiger partial charge in [-0.05, 0) is 143 Å². The highest BCUT2D eigenvalue weighted by atomic mass is 35.5. The van der Waals surface area contributed by atoms with Crippen LogP contribution in [0.2, 0.25) is 10.6 Å². The number of amides is 4. The van der Waals surface area contributed by atoms with Gasteiger partial charge in [0.25, 0.3) is 0 Å². The van der Waals surface area contributed by atoms with Gasteiger partial charge >= 0.3 is 24.4 Å². The van der Waals surface area contributed by atoms with E-state index in [0.717, 1.165) is 20.9 Å². The van der Waals surface area contributed by atoms with Crippen LogP contribution in [0.3, 0.4) is 0 Å². The number of fused-ring (bicyclic) bond motifs is 2. The van der Waals surface area contributed by atoms with Gasteiger partial charge in [-0.3, -0.25) is 10.0 Å². The van der Waals surface area contributed by atoms with E-state index in [1.165, 1.54) is 0 Å². The molecular formula is C58H72Cl2N12O10. The summed E-state index contributed by atoms with van der Waals surface area (Å²) in [7, 11) is 0. The van der Waals surface area contributed by atoms with Crippen molar-refractivity contribution in [1.29, 1.82) is 0 Å². The molecule has 438 valence electrons. The molecule has 0 radical (unpaired) electrons. The molecule has 0 fully saturated rings. The van der Waals surface area contributed by atoms with Crippen LogP contribution in [-0.2, 0) is 31.8 Å². The van der Waals surface area contributed by atoms with Gasteiger partial charge in [0.1, 0.15) is 22.4 Å². The number of rotatable bonds is 15. The monoisotopic (exact) mass is 1170 g/mol. The van der Waals surface area contributed by atoms with Crippen LogP contribution in [-0.4, -0.2) is 143 Å². The third kappa shape index (κ3) is 14.4. The van der Waals surface area contributed by atoms with Gasteiger partial charge in [-0.2, -0.15) is 19.9 Å². The summed E-state index contributed by atoms with van der Waals surface area (Å²) >= 11 is 14.0. The molecule has 2 N–H and O–H groups in total. The zero-order valence-electron chi connectivity index (χ0n) is 48.2. The molecule has 4 heterocycles. The number of halogens is 2. The highest BCUT2D eigenvalue weighted by Gasteiger charge is 2.43. The molecule has 0 unspecified atom stereocenters. The number of anilines is 2. The lowest BCUT2D eigenvalue weighted by Crippen LogP contribution is -2.58. The van der Waals surface area contributed by atoms with Crippen LogP contribution >= 0.6 is 23.2 Å². The molecule has 0 saturated heterocycles. The van der Waals surface area contributed by atoms with E-state index in [4.69, 9.17) is 72.1 Å². The lowest BCUT2D eigenvalue weighted by Gasteiger charge is -2.45. The molecule has 2 aromatic carbocycles. The Hall–Kier alpha value is -7.40. The van der Waals surface area contributed by atoms with E-state index in [1.807, 2.05) is 72.8 Å². The number of carbonyl (C=O) groups excluding carboxylic acids is 4. The number of nitrogens with zero attached hydrogens (tertiary/aromatic N) is 12. The Morgan fingerprint density at radius 3 is 1.13 bits per heavy atom. The number of hydrogen-bond donors (Lipinski definition) is 2. The molecule has 24 heteroatoms. The van der Waals surface area contributed by atoms with Gasteiger partial charge in [0, 0.05) is 0 Å². The number of allylic oxidation sites excluding steroid dienone is 2. The second-order valence-corrected chi connectivity index (χ2v) is 24.9. The van der Waals surface area contributed by atoms with E-state index in [2.05, 4.69) is 0 Å². The van der Waals surface area contributed by atoms with Gasteiger partial charge in [-0.1, -0.05) is 85.0 Å². The summed E-state index contributed by atoms with van der Waals surface area (Å²) in [5.41, 5.74) is -1.10. The molecule has 6 atom stereocenters. The predicted molar refractivity (Wildman–Crippen MR) is 309 cm³/mol. The Balaban J connectivity index is 1.27. The second kappa shape index (κ2) is 24.2. The molecule has 22 nitrogen and oxygen atoms in total. The minimum atomic E-state index is -0.927. The summed E-state index contributed by atoms with van der Waals surface area (Å²) in [6.45, 7) is 19.5. The van der Waals surface area contributed by atoms with E-state index in [-0.39, 0.29) is 70.2 Å². The molecular weight excluding hydrogens is 1100 g/mol. The minimum absolute atomic E-state index is 0.103. The van der Waals surface area contributed by atoms with Crippen LogP contribution in [0.5, 0.6) is 0 Å². The maximum atomic E-state index is 13.8. The number of imide groups is 2. The van der Waals surface area contributed by atoms with Crippen LogP contribution in [0.15, 0.2) is 97.6 Å². The fourth-order valence-corrected chi connectivity index (χ4v) is 10.1. The first-order valence-corrected chi connectivity index (χ1v) is 27.8. The third-order valence-electron chi connectivity index (χ3n) is 13.0. The van der Waals surface area contributed by atoms with Gasteiger partial charge in [0.15, 0.2) is 34.0 Å².